The summed E-state index contributed by atoms with van der Waals surface area (Å²) in [5, 5.41) is 0. The molecule has 0 saturated carbocycles. The first-order chi connectivity index (χ1) is 4.10. The Morgan fingerprint density at radius 2 is 2.22 bits per heavy atom. The van der Waals surface area contributed by atoms with Crippen molar-refractivity contribution in [3.05, 3.63) is 12.2 Å². The van der Waals surface area contributed by atoms with Crippen LogP contribution in [0.5, 0.6) is 0 Å². The van der Waals surface area contributed by atoms with E-state index in [9.17, 15) is 0 Å². The first kappa shape index (κ1) is 6.81. The minimum atomic E-state index is 0.329. The van der Waals surface area contributed by atoms with E-state index in [-0.39, 0.29) is 0 Å². The van der Waals surface area contributed by atoms with Crippen molar-refractivity contribution in [2.75, 3.05) is 13.2 Å². The fourth-order valence-electron chi connectivity index (χ4n) is 1.25. The fraction of sp³-hybridized carbons (Fsp3) is 0.750. The third-order valence-corrected chi connectivity index (χ3v) is 1.53. The Hall–Kier alpha value is -0.300. The predicted molar refractivity (Wildman–Crippen MR) is 38.4 cm³/mol. The van der Waals surface area contributed by atoms with Gasteiger partial charge < -0.3 is 4.74 Å². The van der Waals surface area contributed by atoms with Gasteiger partial charge in [-0.3, -0.25) is 0 Å². The standard InChI is InChI=1S/C8H14O/c1-7-4-8(2,3)6-9-5-7/h1,4-6H2,2-3H3. The molecule has 0 amide bonds. The monoisotopic (exact) mass is 126 g/mol. The van der Waals surface area contributed by atoms with Gasteiger partial charge in [-0.2, -0.15) is 0 Å². The van der Waals surface area contributed by atoms with Crippen molar-refractivity contribution in [1.29, 1.82) is 0 Å². The second-order valence-electron chi connectivity index (χ2n) is 3.58. The van der Waals surface area contributed by atoms with Gasteiger partial charge in [0.15, 0.2) is 0 Å². The van der Waals surface area contributed by atoms with E-state index in [4.69, 9.17) is 4.74 Å². The van der Waals surface area contributed by atoms with Crippen molar-refractivity contribution in [2.24, 2.45) is 5.41 Å². The predicted octanol–water partition coefficient (Wildman–Crippen LogP) is 1.99. The molecule has 1 saturated heterocycles. The van der Waals surface area contributed by atoms with Crippen LogP contribution in [0.1, 0.15) is 20.3 Å². The third kappa shape index (κ3) is 1.83. The Labute approximate surface area is 56.7 Å². The van der Waals surface area contributed by atoms with E-state index < -0.39 is 0 Å². The Morgan fingerprint density at radius 1 is 1.56 bits per heavy atom. The van der Waals surface area contributed by atoms with Crippen LogP contribution in [-0.4, -0.2) is 13.2 Å². The van der Waals surface area contributed by atoms with Crippen LogP contribution in [0, 0.1) is 5.41 Å². The van der Waals surface area contributed by atoms with Crippen LogP contribution in [0.4, 0.5) is 0 Å². The Balaban J connectivity index is 2.51. The zero-order valence-corrected chi connectivity index (χ0v) is 6.24. The molecule has 0 bridgehead atoms. The summed E-state index contributed by atoms with van der Waals surface area (Å²) >= 11 is 0. The Bertz CT molecular complexity index is 125. The molecule has 1 aliphatic rings. The first-order valence-corrected chi connectivity index (χ1v) is 3.35. The van der Waals surface area contributed by atoms with Crippen LogP contribution >= 0.6 is 0 Å². The molecule has 1 heteroatoms. The lowest BCUT2D eigenvalue weighted by atomic mass is 9.85. The molecule has 52 valence electrons. The van der Waals surface area contributed by atoms with Crippen molar-refractivity contribution in [3.63, 3.8) is 0 Å². The van der Waals surface area contributed by atoms with Crippen LogP contribution in [-0.2, 0) is 4.74 Å². The van der Waals surface area contributed by atoms with E-state index in [1.54, 1.807) is 0 Å². The van der Waals surface area contributed by atoms with E-state index in [0.29, 0.717) is 5.41 Å². The molecular formula is C8H14O. The quantitative estimate of drug-likeness (QED) is 0.451. The van der Waals surface area contributed by atoms with Gasteiger partial charge in [-0.15, -0.1) is 0 Å². The summed E-state index contributed by atoms with van der Waals surface area (Å²) in [5.41, 5.74) is 1.56. The number of hydrogen-bond acceptors (Lipinski definition) is 1. The van der Waals surface area contributed by atoms with Crippen LogP contribution in [0.15, 0.2) is 12.2 Å². The molecule has 0 radical (unpaired) electrons. The first-order valence-electron chi connectivity index (χ1n) is 3.35. The topological polar surface area (TPSA) is 9.23 Å². The summed E-state index contributed by atoms with van der Waals surface area (Å²) in [4.78, 5) is 0. The van der Waals surface area contributed by atoms with Gasteiger partial charge in [0.25, 0.3) is 0 Å². The minimum absolute atomic E-state index is 0.329. The Kier molecular flexibility index (Phi) is 1.62. The van der Waals surface area contributed by atoms with Crippen LogP contribution < -0.4 is 0 Å². The van der Waals surface area contributed by atoms with Gasteiger partial charge >= 0.3 is 0 Å². The van der Waals surface area contributed by atoms with Crippen molar-refractivity contribution in [1.82, 2.24) is 0 Å². The molecule has 1 nitrogen and oxygen atoms in total. The molecule has 0 unspecified atom stereocenters. The molecule has 1 heterocycles. The molecule has 0 aromatic heterocycles. The third-order valence-electron chi connectivity index (χ3n) is 1.53. The summed E-state index contributed by atoms with van der Waals surface area (Å²) in [5.74, 6) is 0. The van der Waals surface area contributed by atoms with Crippen LogP contribution in [0.2, 0.25) is 0 Å². The normalized spacial score (nSPS) is 26.2. The zero-order valence-electron chi connectivity index (χ0n) is 6.24. The molecule has 0 spiro atoms. The van der Waals surface area contributed by atoms with E-state index in [1.807, 2.05) is 0 Å². The smallest absolute Gasteiger partial charge is 0.0674 e. The maximum Gasteiger partial charge on any atom is 0.0674 e. The highest BCUT2D eigenvalue weighted by Crippen LogP contribution is 2.28. The lowest BCUT2D eigenvalue weighted by Gasteiger charge is -2.30. The summed E-state index contributed by atoms with van der Waals surface area (Å²) in [6, 6.07) is 0. The minimum Gasteiger partial charge on any atom is -0.377 e. The van der Waals surface area contributed by atoms with Crippen LogP contribution in [0.25, 0.3) is 0 Å². The second kappa shape index (κ2) is 2.14. The molecule has 1 aliphatic heterocycles. The van der Waals surface area contributed by atoms with E-state index in [2.05, 4.69) is 20.4 Å². The molecule has 1 fully saturated rings. The number of hydrogen-bond donors (Lipinski definition) is 0. The maximum atomic E-state index is 5.30. The fourth-order valence-corrected chi connectivity index (χ4v) is 1.25. The van der Waals surface area contributed by atoms with Gasteiger partial charge in [-0.1, -0.05) is 26.0 Å². The highest BCUT2D eigenvalue weighted by molar-refractivity contribution is 5.01. The molecule has 0 aromatic rings. The largest absolute Gasteiger partial charge is 0.377 e. The summed E-state index contributed by atoms with van der Waals surface area (Å²) in [7, 11) is 0. The molecule has 0 aliphatic carbocycles. The lowest BCUT2D eigenvalue weighted by molar-refractivity contribution is 0.0449. The van der Waals surface area contributed by atoms with Crippen molar-refractivity contribution in [2.45, 2.75) is 20.3 Å². The van der Waals surface area contributed by atoms with E-state index in [1.165, 1.54) is 5.57 Å². The van der Waals surface area contributed by atoms with Gasteiger partial charge in [-0.05, 0) is 11.8 Å². The molecule has 1 rings (SSSR count). The summed E-state index contributed by atoms with van der Waals surface area (Å²) in [6.07, 6.45) is 1.12. The zero-order chi connectivity index (χ0) is 6.91. The van der Waals surface area contributed by atoms with Gasteiger partial charge in [0.2, 0.25) is 0 Å². The molecule has 9 heavy (non-hydrogen) atoms. The molecule has 0 N–H and O–H groups in total. The van der Waals surface area contributed by atoms with E-state index in [0.717, 1.165) is 19.6 Å². The summed E-state index contributed by atoms with van der Waals surface area (Å²) < 4.78 is 5.30. The average Bonchev–Trinajstić information content (AvgIpc) is 1.60. The van der Waals surface area contributed by atoms with E-state index >= 15 is 0 Å². The van der Waals surface area contributed by atoms with Gasteiger partial charge in [0.05, 0.1) is 13.2 Å². The lowest BCUT2D eigenvalue weighted by Crippen LogP contribution is -2.26. The Morgan fingerprint density at radius 3 is 2.56 bits per heavy atom. The molecule has 0 atom stereocenters. The summed E-state index contributed by atoms with van der Waals surface area (Å²) in [6.45, 7) is 9.94. The highest BCUT2D eigenvalue weighted by Gasteiger charge is 2.23. The second-order valence-corrected chi connectivity index (χ2v) is 3.58. The van der Waals surface area contributed by atoms with Gasteiger partial charge in [0, 0.05) is 0 Å². The maximum absolute atomic E-state index is 5.30. The molecule has 0 aromatic carbocycles. The van der Waals surface area contributed by atoms with Crippen molar-refractivity contribution in [3.8, 4) is 0 Å². The number of rotatable bonds is 0. The van der Waals surface area contributed by atoms with Crippen molar-refractivity contribution < 1.29 is 4.74 Å². The van der Waals surface area contributed by atoms with Gasteiger partial charge in [0.1, 0.15) is 0 Å². The highest BCUT2D eigenvalue weighted by atomic mass is 16.5. The SMILES string of the molecule is C=C1COCC(C)(C)C1. The number of ether oxygens (including phenoxy) is 1. The molecular weight excluding hydrogens is 112 g/mol. The average molecular weight is 126 g/mol. The van der Waals surface area contributed by atoms with Crippen molar-refractivity contribution >= 4 is 0 Å². The van der Waals surface area contributed by atoms with Crippen LogP contribution in [0.3, 0.4) is 0 Å². The van der Waals surface area contributed by atoms with Gasteiger partial charge in [-0.25, -0.2) is 0 Å².